The minimum Gasteiger partial charge on any atom is -0.488 e. The van der Waals surface area contributed by atoms with E-state index in [-0.39, 0.29) is 34.2 Å². The third-order valence-corrected chi connectivity index (χ3v) is 3.13. The van der Waals surface area contributed by atoms with Crippen molar-refractivity contribution < 1.29 is 19.2 Å². The summed E-state index contributed by atoms with van der Waals surface area (Å²) in [5.41, 5.74) is 0.358. The summed E-state index contributed by atoms with van der Waals surface area (Å²) in [7, 11) is 0. The van der Waals surface area contributed by atoms with E-state index in [9.17, 15) is 19.6 Å². The molecule has 0 saturated heterocycles. The third kappa shape index (κ3) is 3.48. The fraction of sp³-hybridized carbons (Fsp3) is 0.143. The van der Waals surface area contributed by atoms with Gasteiger partial charge in [0.15, 0.2) is 0 Å². The van der Waals surface area contributed by atoms with E-state index in [1.54, 1.807) is 6.07 Å². The zero-order valence-corrected chi connectivity index (χ0v) is 11.5. The van der Waals surface area contributed by atoms with Crippen molar-refractivity contribution >= 4 is 17.3 Å². The molecule has 1 N–H and O–H groups in total. The lowest BCUT2D eigenvalue weighted by Gasteiger charge is -2.11. The number of hydrogen-bond acceptors (Lipinski definition) is 4. The van der Waals surface area contributed by atoms with E-state index >= 15 is 0 Å². The van der Waals surface area contributed by atoms with Crippen molar-refractivity contribution in [3.63, 3.8) is 0 Å². The normalized spacial score (nSPS) is 10.4. The maximum Gasteiger partial charge on any atom is 0.270 e. The Labute approximate surface area is 124 Å². The fourth-order valence-electron chi connectivity index (χ4n) is 1.76. The zero-order valence-electron chi connectivity index (χ0n) is 10.8. The summed E-state index contributed by atoms with van der Waals surface area (Å²) in [6.07, 6.45) is 0. The first-order chi connectivity index (χ1) is 10.0. The van der Waals surface area contributed by atoms with Gasteiger partial charge < -0.3 is 9.84 Å². The lowest BCUT2D eigenvalue weighted by atomic mass is 10.2. The van der Waals surface area contributed by atoms with Crippen molar-refractivity contribution in [1.29, 1.82) is 0 Å². The number of halogens is 2. The van der Waals surface area contributed by atoms with Crippen LogP contribution < -0.4 is 4.74 Å². The van der Waals surface area contributed by atoms with Crippen molar-refractivity contribution in [1.82, 2.24) is 0 Å². The van der Waals surface area contributed by atoms with Crippen LogP contribution in [0.25, 0.3) is 0 Å². The molecule has 0 aliphatic carbocycles. The van der Waals surface area contributed by atoms with Crippen molar-refractivity contribution in [3.8, 4) is 5.75 Å². The zero-order chi connectivity index (χ0) is 15.4. The molecule has 0 heterocycles. The molecule has 0 aliphatic rings. The second kappa shape index (κ2) is 6.51. The largest absolute Gasteiger partial charge is 0.488 e. The van der Waals surface area contributed by atoms with Gasteiger partial charge in [-0.25, -0.2) is 4.39 Å². The number of nitro groups is 1. The number of nitro benzene ring substituents is 1. The number of rotatable bonds is 5. The fourth-order valence-corrected chi connectivity index (χ4v) is 1.95. The van der Waals surface area contributed by atoms with Crippen LogP contribution in [0, 0.1) is 15.9 Å². The molecular weight excluding hydrogens is 301 g/mol. The maximum atomic E-state index is 13.7. The summed E-state index contributed by atoms with van der Waals surface area (Å²) < 4.78 is 19.1. The quantitative estimate of drug-likeness (QED) is 0.678. The van der Waals surface area contributed by atoms with Gasteiger partial charge in [-0.3, -0.25) is 10.1 Å². The van der Waals surface area contributed by atoms with E-state index in [0.29, 0.717) is 0 Å². The number of aliphatic hydroxyl groups is 1. The summed E-state index contributed by atoms with van der Waals surface area (Å²) in [4.78, 5) is 10.1. The van der Waals surface area contributed by atoms with E-state index in [2.05, 4.69) is 0 Å². The van der Waals surface area contributed by atoms with Gasteiger partial charge in [0, 0.05) is 23.3 Å². The van der Waals surface area contributed by atoms with Crippen LogP contribution in [0.4, 0.5) is 10.1 Å². The number of nitrogens with zero attached hydrogens (tertiary/aromatic N) is 1. The van der Waals surface area contributed by atoms with Crippen molar-refractivity contribution in [2.45, 2.75) is 13.2 Å². The summed E-state index contributed by atoms with van der Waals surface area (Å²) in [6, 6.07) is 8.36. The highest BCUT2D eigenvalue weighted by Crippen LogP contribution is 2.26. The average Bonchev–Trinajstić information content (AvgIpc) is 2.48. The maximum absolute atomic E-state index is 13.7. The van der Waals surface area contributed by atoms with E-state index < -0.39 is 17.3 Å². The molecule has 110 valence electrons. The van der Waals surface area contributed by atoms with Gasteiger partial charge in [-0.15, -0.1) is 0 Å². The molecule has 21 heavy (non-hydrogen) atoms. The Balaban J connectivity index is 2.20. The Bertz CT molecular complexity index is 678. The predicted octanol–water partition coefficient (Wildman–Crippen LogP) is 3.46. The van der Waals surface area contributed by atoms with Gasteiger partial charge in [0.2, 0.25) is 0 Å². The van der Waals surface area contributed by atoms with Gasteiger partial charge in [0.05, 0.1) is 16.6 Å². The van der Waals surface area contributed by atoms with E-state index in [1.807, 2.05) is 0 Å². The minimum absolute atomic E-state index is 0.0119. The number of aliphatic hydroxyl groups excluding tert-OH is 1. The molecule has 0 spiro atoms. The van der Waals surface area contributed by atoms with Crippen LogP contribution in [0.5, 0.6) is 5.75 Å². The average molecular weight is 312 g/mol. The molecule has 7 heteroatoms. The molecule has 0 unspecified atom stereocenters. The van der Waals surface area contributed by atoms with Gasteiger partial charge in [-0.2, -0.15) is 0 Å². The molecule has 2 aromatic carbocycles. The molecule has 0 saturated carbocycles. The van der Waals surface area contributed by atoms with E-state index in [4.69, 9.17) is 16.3 Å². The Morgan fingerprint density at radius 2 is 2.05 bits per heavy atom. The van der Waals surface area contributed by atoms with Gasteiger partial charge in [0.25, 0.3) is 5.69 Å². The molecular formula is C14H11ClFNO4. The minimum atomic E-state index is -0.577. The highest BCUT2D eigenvalue weighted by molar-refractivity contribution is 6.30. The molecule has 2 rings (SSSR count). The molecule has 0 atom stereocenters. The molecule has 2 aromatic rings. The Morgan fingerprint density at radius 3 is 2.71 bits per heavy atom. The molecule has 0 radical (unpaired) electrons. The van der Waals surface area contributed by atoms with Crippen LogP contribution in [0.15, 0.2) is 36.4 Å². The second-order valence-electron chi connectivity index (χ2n) is 4.21. The molecule has 0 bridgehead atoms. The Morgan fingerprint density at radius 1 is 1.29 bits per heavy atom. The number of benzene rings is 2. The van der Waals surface area contributed by atoms with Gasteiger partial charge in [0.1, 0.15) is 18.2 Å². The van der Waals surface area contributed by atoms with Gasteiger partial charge >= 0.3 is 0 Å². The topological polar surface area (TPSA) is 72.6 Å². The molecule has 5 nitrogen and oxygen atoms in total. The Kier molecular flexibility index (Phi) is 4.72. The van der Waals surface area contributed by atoms with Crippen LogP contribution in [0.1, 0.15) is 11.1 Å². The standard InChI is InChI=1S/C14H11ClFNO4/c15-12-3-1-2-9(14(12)16)8-21-13-5-4-11(17(19)20)6-10(13)7-18/h1-6,18H,7-8H2. The summed E-state index contributed by atoms with van der Waals surface area (Å²) in [5.74, 6) is -0.325. The monoisotopic (exact) mass is 311 g/mol. The first kappa shape index (κ1) is 15.2. The summed E-state index contributed by atoms with van der Waals surface area (Å²) >= 11 is 5.66. The van der Waals surface area contributed by atoms with E-state index in [1.165, 1.54) is 30.3 Å². The Hall–Kier alpha value is -2.18. The highest BCUT2D eigenvalue weighted by Gasteiger charge is 2.12. The summed E-state index contributed by atoms with van der Waals surface area (Å²) in [6.45, 7) is -0.522. The molecule has 0 aromatic heterocycles. The van der Waals surface area contributed by atoms with Crippen LogP contribution in [-0.2, 0) is 13.2 Å². The van der Waals surface area contributed by atoms with Crippen LogP contribution in [-0.4, -0.2) is 10.0 Å². The first-order valence-electron chi connectivity index (χ1n) is 5.96. The predicted molar refractivity (Wildman–Crippen MR) is 74.8 cm³/mol. The smallest absolute Gasteiger partial charge is 0.270 e. The lowest BCUT2D eigenvalue weighted by molar-refractivity contribution is -0.385. The van der Waals surface area contributed by atoms with Crippen molar-refractivity contribution in [2.75, 3.05) is 0 Å². The third-order valence-electron chi connectivity index (χ3n) is 2.84. The summed E-state index contributed by atoms with van der Waals surface area (Å²) in [5, 5.41) is 19.9. The van der Waals surface area contributed by atoms with Crippen molar-refractivity contribution in [2.24, 2.45) is 0 Å². The highest BCUT2D eigenvalue weighted by atomic mass is 35.5. The van der Waals surface area contributed by atoms with Gasteiger partial charge in [-0.1, -0.05) is 23.7 Å². The number of ether oxygens (including phenoxy) is 1. The SMILES string of the molecule is O=[N+]([O-])c1ccc(OCc2cccc(Cl)c2F)c(CO)c1. The van der Waals surface area contributed by atoms with Crippen LogP contribution >= 0.6 is 11.6 Å². The van der Waals surface area contributed by atoms with Gasteiger partial charge in [-0.05, 0) is 12.1 Å². The number of non-ortho nitro benzene ring substituents is 1. The van der Waals surface area contributed by atoms with Crippen molar-refractivity contribution in [3.05, 3.63) is 68.5 Å². The first-order valence-corrected chi connectivity index (χ1v) is 6.34. The van der Waals surface area contributed by atoms with Crippen LogP contribution in [0.3, 0.4) is 0 Å². The lowest BCUT2D eigenvalue weighted by Crippen LogP contribution is -2.02. The van der Waals surface area contributed by atoms with E-state index in [0.717, 1.165) is 0 Å². The molecule has 0 amide bonds. The number of hydrogen-bond donors (Lipinski definition) is 1. The van der Waals surface area contributed by atoms with Crippen LogP contribution in [0.2, 0.25) is 5.02 Å². The second-order valence-corrected chi connectivity index (χ2v) is 4.62. The molecule has 0 aliphatic heterocycles. The molecule has 0 fully saturated rings.